The molecule has 2 aliphatic rings. The van der Waals surface area contributed by atoms with Gasteiger partial charge in [-0.1, -0.05) is 17.7 Å². The maximum atomic E-state index is 13.6. The van der Waals surface area contributed by atoms with Crippen molar-refractivity contribution in [3.8, 4) is 0 Å². The third kappa shape index (κ3) is 2.20. The highest BCUT2D eigenvalue weighted by Crippen LogP contribution is 2.41. The Balaban J connectivity index is 0.00000120. The van der Waals surface area contributed by atoms with Crippen LogP contribution in [0.5, 0.6) is 0 Å². The molecule has 98 valence electrons. The smallest absolute Gasteiger partial charge is 0.254 e. The van der Waals surface area contributed by atoms with Crippen molar-refractivity contribution in [1.29, 1.82) is 0 Å². The topological polar surface area (TPSA) is 41.1 Å². The minimum Gasteiger partial charge on any atom is -0.349 e. The molecule has 0 bridgehead atoms. The van der Waals surface area contributed by atoms with Gasteiger partial charge in [0.2, 0.25) is 0 Å². The number of benzene rings is 1. The van der Waals surface area contributed by atoms with Crippen molar-refractivity contribution in [3.05, 3.63) is 34.6 Å². The molecule has 2 unspecified atom stereocenters. The number of nitrogens with one attached hydrogen (secondary N) is 2. The minimum atomic E-state index is -0.643. The lowest BCUT2D eigenvalue weighted by Crippen LogP contribution is -2.33. The molecule has 0 spiro atoms. The van der Waals surface area contributed by atoms with Gasteiger partial charge in [0.1, 0.15) is 0 Å². The summed E-state index contributed by atoms with van der Waals surface area (Å²) >= 11 is 5.64. The fraction of sp³-hybridized carbons (Fsp3) is 0.417. The molecule has 1 aromatic carbocycles. The van der Waals surface area contributed by atoms with Crippen LogP contribution in [0.1, 0.15) is 10.4 Å². The first-order valence-corrected chi connectivity index (χ1v) is 6.02. The van der Waals surface area contributed by atoms with E-state index in [0.29, 0.717) is 11.8 Å². The zero-order chi connectivity index (χ0) is 12.0. The van der Waals surface area contributed by atoms with E-state index in [9.17, 15) is 9.18 Å². The van der Waals surface area contributed by atoms with Gasteiger partial charge in [0.05, 0.1) is 10.6 Å². The molecule has 1 aliphatic heterocycles. The third-order valence-electron chi connectivity index (χ3n) is 3.59. The van der Waals surface area contributed by atoms with Gasteiger partial charge in [0, 0.05) is 19.1 Å². The first-order valence-electron chi connectivity index (χ1n) is 5.64. The Kier molecular flexibility index (Phi) is 3.80. The first-order chi connectivity index (χ1) is 8.18. The number of fused-ring (bicyclic) bond motifs is 1. The van der Waals surface area contributed by atoms with E-state index in [1.807, 2.05) is 0 Å². The van der Waals surface area contributed by atoms with Crippen molar-refractivity contribution in [2.75, 3.05) is 13.1 Å². The summed E-state index contributed by atoms with van der Waals surface area (Å²) in [5.74, 6) is 0.0161. The van der Waals surface area contributed by atoms with E-state index in [1.165, 1.54) is 12.1 Å². The van der Waals surface area contributed by atoms with Gasteiger partial charge in [-0.2, -0.15) is 0 Å². The average molecular weight is 291 g/mol. The Bertz CT molecular complexity index is 473. The van der Waals surface area contributed by atoms with E-state index in [1.54, 1.807) is 6.07 Å². The molecular weight excluding hydrogens is 278 g/mol. The molecule has 1 heterocycles. The van der Waals surface area contributed by atoms with Gasteiger partial charge in [-0.25, -0.2) is 4.39 Å². The fourth-order valence-corrected chi connectivity index (χ4v) is 2.72. The van der Waals surface area contributed by atoms with Crippen LogP contribution in [0.4, 0.5) is 4.39 Å². The number of rotatable bonds is 2. The normalized spacial score (nSPS) is 28.2. The van der Waals surface area contributed by atoms with Crippen molar-refractivity contribution in [2.45, 2.75) is 6.04 Å². The number of hydrogen-bond acceptors (Lipinski definition) is 2. The van der Waals surface area contributed by atoms with Crippen LogP contribution in [0.3, 0.4) is 0 Å². The summed E-state index contributed by atoms with van der Waals surface area (Å²) in [6.07, 6.45) is 0. The summed E-state index contributed by atoms with van der Waals surface area (Å²) < 4.78 is 13.6. The lowest BCUT2D eigenvalue weighted by molar-refractivity contribution is 0.0942. The first kappa shape index (κ1) is 13.6. The minimum absolute atomic E-state index is 0. The Morgan fingerprint density at radius 2 is 2.06 bits per heavy atom. The summed E-state index contributed by atoms with van der Waals surface area (Å²) in [5, 5.41) is 6.08. The summed E-state index contributed by atoms with van der Waals surface area (Å²) in [4.78, 5) is 11.9. The monoisotopic (exact) mass is 290 g/mol. The predicted molar refractivity (Wildman–Crippen MR) is 69.8 cm³/mol. The van der Waals surface area contributed by atoms with Crippen LogP contribution < -0.4 is 10.6 Å². The lowest BCUT2D eigenvalue weighted by atomic mass is 10.2. The Morgan fingerprint density at radius 3 is 2.72 bits per heavy atom. The van der Waals surface area contributed by atoms with Crippen LogP contribution in [0.2, 0.25) is 5.02 Å². The van der Waals surface area contributed by atoms with Crippen LogP contribution in [-0.2, 0) is 0 Å². The average Bonchev–Trinajstić information content (AvgIpc) is 2.76. The summed E-state index contributed by atoms with van der Waals surface area (Å²) in [5.41, 5.74) is 0.0235. The molecule has 2 N–H and O–H groups in total. The van der Waals surface area contributed by atoms with Gasteiger partial charge in [0.15, 0.2) is 5.82 Å². The molecule has 1 aliphatic carbocycles. The van der Waals surface area contributed by atoms with Crippen LogP contribution in [-0.4, -0.2) is 25.0 Å². The van der Waals surface area contributed by atoms with E-state index >= 15 is 0 Å². The maximum absolute atomic E-state index is 13.6. The third-order valence-corrected chi connectivity index (χ3v) is 3.88. The van der Waals surface area contributed by atoms with Gasteiger partial charge in [-0.3, -0.25) is 4.79 Å². The van der Waals surface area contributed by atoms with E-state index in [2.05, 4.69) is 10.6 Å². The molecule has 1 aromatic rings. The number of piperidine rings is 1. The van der Waals surface area contributed by atoms with Gasteiger partial charge in [-0.15, -0.1) is 12.4 Å². The van der Waals surface area contributed by atoms with Gasteiger partial charge in [-0.05, 0) is 24.0 Å². The zero-order valence-electron chi connectivity index (χ0n) is 9.45. The fourth-order valence-electron chi connectivity index (χ4n) is 2.54. The van der Waals surface area contributed by atoms with E-state index in [-0.39, 0.29) is 34.9 Å². The number of halogens is 3. The molecule has 2 atom stereocenters. The standard InChI is InChI=1S/C12H12ClFN2O.ClH/c13-9-3-1-2-6(10(9)14)12(17)16-11-7-4-15-5-8(7)11;/h1-3,7-8,11,15H,4-5H2,(H,16,17);1H. The van der Waals surface area contributed by atoms with Crippen molar-refractivity contribution in [2.24, 2.45) is 11.8 Å². The molecular formula is C12H13Cl2FN2O. The van der Waals surface area contributed by atoms with Crippen LogP contribution in [0, 0.1) is 17.7 Å². The molecule has 1 saturated carbocycles. The molecule has 0 radical (unpaired) electrons. The predicted octanol–water partition coefficient (Wildman–Crippen LogP) is 1.85. The molecule has 3 rings (SSSR count). The van der Waals surface area contributed by atoms with Crippen molar-refractivity contribution < 1.29 is 9.18 Å². The summed E-state index contributed by atoms with van der Waals surface area (Å²) in [6, 6.07) is 4.66. The number of hydrogen-bond donors (Lipinski definition) is 2. The molecule has 2 fully saturated rings. The van der Waals surface area contributed by atoms with Crippen molar-refractivity contribution in [3.63, 3.8) is 0 Å². The molecule has 0 aromatic heterocycles. The maximum Gasteiger partial charge on any atom is 0.254 e. The molecule has 1 saturated heterocycles. The molecule has 1 amide bonds. The Hall–Kier alpha value is -0.840. The SMILES string of the molecule is Cl.O=C(NC1C2CNCC21)c1cccc(Cl)c1F. The van der Waals surface area contributed by atoms with Crippen LogP contribution >= 0.6 is 24.0 Å². The highest BCUT2D eigenvalue weighted by atomic mass is 35.5. The second-order valence-corrected chi connectivity index (χ2v) is 4.99. The van der Waals surface area contributed by atoms with Crippen molar-refractivity contribution >= 4 is 29.9 Å². The Labute approximate surface area is 115 Å². The number of carbonyl (C=O) groups is 1. The second kappa shape index (κ2) is 5.03. The summed E-state index contributed by atoms with van der Waals surface area (Å²) in [6.45, 7) is 1.88. The highest BCUT2D eigenvalue weighted by molar-refractivity contribution is 6.31. The number of carbonyl (C=O) groups excluding carboxylic acids is 1. The van der Waals surface area contributed by atoms with Crippen molar-refractivity contribution in [1.82, 2.24) is 10.6 Å². The second-order valence-electron chi connectivity index (χ2n) is 4.59. The van der Waals surface area contributed by atoms with Gasteiger partial charge < -0.3 is 10.6 Å². The zero-order valence-corrected chi connectivity index (χ0v) is 11.0. The van der Waals surface area contributed by atoms with Gasteiger partial charge >= 0.3 is 0 Å². The number of amides is 1. The van der Waals surface area contributed by atoms with E-state index in [4.69, 9.17) is 11.6 Å². The highest BCUT2D eigenvalue weighted by Gasteiger charge is 2.53. The lowest BCUT2D eigenvalue weighted by Gasteiger charge is -2.08. The van der Waals surface area contributed by atoms with E-state index < -0.39 is 5.82 Å². The largest absolute Gasteiger partial charge is 0.349 e. The van der Waals surface area contributed by atoms with Crippen LogP contribution in [0.25, 0.3) is 0 Å². The Morgan fingerprint density at radius 1 is 1.39 bits per heavy atom. The molecule has 6 heteroatoms. The van der Waals surface area contributed by atoms with Gasteiger partial charge in [0.25, 0.3) is 5.91 Å². The quantitative estimate of drug-likeness (QED) is 0.873. The van der Waals surface area contributed by atoms with Crippen LogP contribution in [0.15, 0.2) is 18.2 Å². The molecule has 18 heavy (non-hydrogen) atoms. The van der Waals surface area contributed by atoms with E-state index in [0.717, 1.165) is 13.1 Å². The summed E-state index contributed by atoms with van der Waals surface area (Å²) in [7, 11) is 0. The molecule has 3 nitrogen and oxygen atoms in total.